The SMILES string of the molecule is C=C(N)[C@@H](C)Cc1ccc(C)cc1. The standard InChI is InChI=1S/C12H17N/c1-9-4-6-12(7-5-9)8-10(2)11(3)13/h4-7,10H,3,8,13H2,1-2H3/t10-/m0/s1. The quantitative estimate of drug-likeness (QED) is 0.751. The van der Waals surface area contributed by atoms with Gasteiger partial charge in [0, 0.05) is 5.70 Å². The summed E-state index contributed by atoms with van der Waals surface area (Å²) in [4.78, 5) is 0. The van der Waals surface area contributed by atoms with Crippen molar-refractivity contribution in [1.29, 1.82) is 0 Å². The molecule has 13 heavy (non-hydrogen) atoms. The summed E-state index contributed by atoms with van der Waals surface area (Å²) in [5.41, 5.74) is 9.00. The second-order valence-corrected chi connectivity index (χ2v) is 3.67. The van der Waals surface area contributed by atoms with Gasteiger partial charge >= 0.3 is 0 Å². The van der Waals surface area contributed by atoms with Gasteiger partial charge in [-0.05, 0) is 24.8 Å². The summed E-state index contributed by atoms with van der Waals surface area (Å²) in [5, 5.41) is 0. The highest BCUT2D eigenvalue weighted by Crippen LogP contribution is 2.12. The maximum Gasteiger partial charge on any atom is 0.00395 e. The zero-order chi connectivity index (χ0) is 9.84. The molecule has 0 amide bonds. The predicted molar refractivity (Wildman–Crippen MR) is 57.4 cm³/mol. The van der Waals surface area contributed by atoms with E-state index in [9.17, 15) is 0 Å². The molecule has 0 saturated heterocycles. The molecule has 1 heteroatoms. The van der Waals surface area contributed by atoms with Crippen molar-refractivity contribution in [2.24, 2.45) is 11.7 Å². The number of rotatable bonds is 3. The molecule has 0 heterocycles. The van der Waals surface area contributed by atoms with Crippen molar-refractivity contribution >= 4 is 0 Å². The Hall–Kier alpha value is -1.24. The lowest BCUT2D eigenvalue weighted by atomic mass is 9.98. The van der Waals surface area contributed by atoms with E-state index < -0.39 is 0 Å². The van der Waals surface area contributed by atoms with Gasteiger partial charge in [0.25, 0.3) is 0 Å². The van der Waals surface area contributed by atoms with Crippen molar-refractivity contribution in [2.75, 3.05) is 0 Å². The minimum atomic E-state index is 0.364. The summed E-state index contributed by atoms with van der Waals surface area (Å²) in [6.45, 7) is 7.94. The van der Waals surface area contributed by atoms with Crippen LogP contribution in [0.3, 0.4) is 0 Å². The second kappa shape index (κ2) is 4.13. The maximum atomic E-state index is 5.62. The lowest BCUT2D eigenvalue weighted by Gasteiger charge is -2.10. The van der Waals surface area contributed by atoms with Gasteiger partial charge in [0.15, 0.2) is 0 Å². The molecule has 1 aromatic carbocycles. The Labute approximate surface area is 80.3 Å². The predicted octanol–water partition coefficient (Wildman–Crippen LogP) is 2.65. The molecule has 0 radical (unpaired) electrons. The molecule has 1 atom stereocenters. The van der Waals surface area contributed by atoms with Crippen molar-refractivity contribution in [3.8, 4) is 0 Å². The second-order valence-electron chi connectivity index (χ2n) is 3.67. The molecular formula is C12H17N. The molecule has 1 rings (SSSR count). The molecule has 2 N–H and O–H groups in total. The zero-order valence-electron chi connectivity index (χ0n) is 8.38. The van der Waals surface area contributed by atoms with Crippen LogP contribution in [0, 0.1) is 12.8 Å². The lowest BCUT2D eigenvalue weighted by Crippen LogP contribution is -2.09. The number of hydrogen-bond acceptors (Lipinski definition) is 1. The van der Waals surface area contributed by atoms with Crippen LogP contribution >= 0.6 is 0 Å². The van der Waals surface area contributed by atoms with Gasteiger partial charge in [-0.1, -0.05) is 43.3 Å². The fourth-order valence-electron chi connectivity index (χ4n) is 1.21. The van der Waals surface area contributed by atoms with E-state index in [1.807, 2.05) is 0 Å². The van der Waals surface area contributed by atoms with Crippen LogP contribution < -0.4 is 5.73 Å². The summed E-state index contributed by atoms with van der Waals surface area (Å²) < 4.78 is 0. The van der Waals surface area contributed by atoms with Gasteiger partial charge in [-0.25, -0.2) is 0 Å². The summed E-state index contributed by atoms with van der Waals surface area (Å²) in [6, 6.07) is 8.55. The highest BCUT2D eigenvalue weighted by molar-refractivity contribution is 5.22. The van der Waals surface area contributed by atoms with E-state index >= 15 is 0 Å². The number of benzene rings is 1. The van der Waals surface area contributed by atoms with Crippen LogP contribution in [0.25, 0.3) is 0 Å². The normalized spacial score (nSPS) is 12.5. The molecule has 1 nitrogen and oxygen atoms in total. The van der Waals surface area contributed by atoms with Crippen LogP contribution in [-0.4, -0.2) is 0 Å². The van der Waals surface area contributed by atoms with Gasteiger partial charge in [0.2, 0.25) is 0 Å². The van der Waals surface area contributed by atoms with Crippen LogP contribution in [0.15, 0.2) is 36.5 Å². The summed E-state index contributed by atoms with van der Waals surface area (Å²) in [7, 11) is 0. The molecule has 0 aromatic heterocycles. The van der Waals surface area contributed by atoms with E-state index in [0.717, 1.165) is 12.1 Å². The summed E-state index contributed by atoms with van der Waals surface area (Å²) in [6.07, 6.45) is 0.982. The van der Waals surface area contributed by atoms with Crippen LogP contribution in [0.2, 0.25) is 0 Å². The van der Waals surface area contributed by atoms with Crippen molar-refractivity contribution in [3.05, 3.63) is 47.7 Å². The van der Waals surface area contributed by atoms with Crippen molar-refractivity contribution in [2.45, 2.75) is 20.3 Å². The van der Waals surface area contributed by atoms with Crippen LogP contribution in [0.4, 0.5) is 0 Å². The molecule has 0 saturated carbocycles. The average molecular weight is 175 g/mol. The molecular weight excluding hydrogens is 158 g/mol. The molecule has 0 aliphatic carbocycles. The van der Waals surface area contributed by atoms with E-state index in [2.05, 4.69) is 44.7 Å². The van der Waals surface area contributed by atoms with E-state index in [-0.39, 0.29) is 0 Å². The number of nitrogens with two attached hydrogens (primary N) is 1. The highest BCUT2D eigenvalue weighted by Gasteiger charge is 2.03. The number of aryl methyl sites for hydroxylation is 1. The Morgan fingerprint density at radius 3 is 2.38 bits per heavy atom. The van der Waals surface area contributed by atoms with Crippen molar-refractivity contribution in [3.63, 3.8) is 0 Å². The third kappa shape index (κ3) is 2.94. The van der Waals surface area contributed by atoms with Gasteiger partial charge in [0.1, 0.15) is 0 Å². The van der Waals surface area contributed by atoms with Gasteiger partial charge < -0.3 is 5.73 Å². The first kappa shape index (κ1) is 9.85. The minimum absolute atomic E-state index is 0.364. The van der Waals surface area contributed by atoms with Gasteiger partial charge in [0.05, 0.1) is 0 Å². The van der Waals surface area contributed by atoms with Crippen LogP contribution in [0.1, 0.15) is 18.1 Å². The molecule has 0 fully saturated rings. The number of allylic oxidation sites excluding steroid dienone is 1. The fourth-order valence-corrected chi connectivity index (χ4v) is 1.21. The maximum absolute atomic E-state index is 5.62. The molecule has 0 aliphatic heterocycles. The van der Waals surface area contributed by atoms with Gasteiger partial charge in [-0.3, -0.25) is 0 Å². The smallest absolute Gasteiger partial charge is 0.00395 e. The van der Waals surface area contributed by atoms with Gasteiger partial charge in [-0.15, -0.1) is 0 Å². The third-order valence-corrected chi connectivity index (χ3v) is 2.30. The first-order chi connectivity index (χ1) is 6.09. The van der Waals surface area contributed by atoms with Crippen molar-refractivity contribution < 1.29 is 0 Å². The van der Waals surface area contributed by atoms with E-state index in [1.54, 1.807) is 0 Å². The van der Waals surface area contributed by atoms with Crippen LogP contribution in [0.5, 0.6) is 0 Å². The Balaban J connectivity index is 2.64. The van der Waals surface area contributed by atoms with E-state index in [1.165, 1.54) is 11.1 Å². The highest BCUT2D eigenvalue weighted by atomic mass is 14.6. The molecule has 0 unspecified atom stereocenters. The van der Waals surface area contributed by atoms with E-state index in [4.69, 9.17) is 5.73 Å². The third-order valence-electron chi connectivity index (χ3n) is 2.30. The fraction of sp³-hybridized carbons (Fsp3) is 0.333. The van der Waals surface area contributed by atoms with Crippen LogP contribution in [-0.2, 0) is 6.42 Å². The minimum Gasteiger partial charge on any atom is -0.402 e. The Bertz CT molecular complexity index is 284. The number of hydrogen-bond donors (Lipinski definition) is 1. The summed E-state index contributed by atoms with van der Waals surface area (Å²) in [5.74, 6) is 0.364. The van der Waals surface area contributed by atoms with Crippen molar-refractivity contribution in [1.82, 2.24) is 0 Å². The summed E-state index contributed by atoms with van der Waals surface area (Å²) >= 11 is 0. The topological polar surface area (TPSA) is 26.0 Å². The first-order valence-electron chi connectivity index (χ1n) is 4.59. The molecule has 0 aliphatic rings. The Morgan fingerprint density at radius 1 is 1.38 bits per heavy atom. The molecule has 0 bridgehead atoms. The first-order valence-corrected chi connectivity index (χ1v) is 4.59. The molecule has 70 valence electrons. The lowest BCUT2D eigenvalue weighted by molar-refractivity contribution is 0.672. The average Bonchev–Trinajstić information content (AvgIpc) is 2.08. The van der Waals surface area contributed by atoms with E-state index in [0.29, 0.717) is 5.92 Å². The molecule has 1 aromatic rings. The van der Waals surface area contributed by atoms with Gasteiger partial charge in [-0.2, -0.15) is 0 Å². The largest absolute Gasteiger partial charge is 0.402 e. The Morgan fingerprint density at radius 2 is 1.92 bits per heavy atom. The zero-order valence-corrected chi connectivity index (χ0v) is 8.38. The monoisotopic (exact) mass is 175 g/mol. The Kier molecular flexibility index (Phi) is 3.13. The molecule has 0 spiro atoms.